The highest BCUT2D eigenvalue weighted by molar-refractivity contribution is 7.09. The third-order valence-electron chi connectivity index (χ3n) is 2.83. The maximum absolute atomic E-state index is 11.3. The van der Waals surface area contributed by atoms with Gasteiger partial charge in [-0.1, -0.05) is 6.07 Å². The molecule has 1 N–H and O–H groups in total. The molecule has 1 fully saturated rings. The zero-order chi connectivity index (χ0) is 11.2. The van der Waals surface area contributed by atoms with E-state index in [0.29, 0.717) is 5.91 Å². The highest BCUT2D eigenvalue weighted by atomic mass is 35.5. The van der Waals surface area contributed by atoms with Crippen molar-refractivity contribution in [1.82, 2.24) is 10.2 Å². The summed E-state index contributed by atoms with van der Waals surface area (Å²) in [6.07, 6.45) is 2.85. The van der Waals surface area contributed by atoms with Crippen LogP contribution in [-0.4, -0.2) is 30.4 Å². The number of hydrogen-bond donors (Lipinski definition) is 1. The smallest absolute Gasteiger partial charge is 0.222 e. The second-order valence-corrected chi connectivity index (χ2v) is 5.13. The van der Waals surface area contributed by atoms with Gasteiger partial charge in [-0.15, -0.1) is 23.7 Å². The average Bonchev–Trinajstić information content (AvgIpc) is 2.90. The molecule has 0 bridgehead atoms. The van der Waals surface area contributed by atoms with E-state index in [9.17, 15) is 4.79 Å². The van der Waals surface area contributed by atoms with Crippen molar-refractivity contribution >= 4 is 29.7 Å². The summed E-state index contributed by atoms with van der Waals surface area (Å²) in [5.74, 6) is 0.332. The Morgan fingerprint density at radius 2 is 2.35 bits per heavy atom. The Labute approximate surface area is 113 Å². The molecule has 1 aromatic rings. The summed E-state index contributed by atoms with van der Waals surface area (Å²) in [7, 11) is 0. The van der Waals surface area contributed by atoms with Crippen molar-refractivity contribution in [3.05, 3.63) is 22.4 Å². The first-order valence-electron chi connectivity index (χ1n) is 5.87. The number of hydrogen-bond acceptors (Lipinski definition) is 3. The normalized spacial score (nSPS) is 15.1. The Hall–Kier alpha value is -0.580. The molecular formula is C12H19ClN2OS. The molecule has 3 nitrogen and oxygen atoms in total. The Balaban J connectivity index is 0.00000144. The second-order valence-electron chi connectivity index (χ2n) is 4.09. The van der Waals surface area contributed by atoms with Gasteiger partial charge in [0.2, 0.25) is 5.91 Å². The Kier molecular flexibility index (Phi) is 6.55. The molecule has 1 saturated heterocycles. The largest absolute Gasteiger partial charge is 0.343 e. The number of halogens is 1. The average molecular weight is 275 g/mol. The Bertz CT molecular complexity index is 329. The zero-order valence-electron chi connectivity index (χ0n) is 9.85. The predicted octanol–water partition coefficient (Wildman–Crippen LogP) is 2.27. The number of carbonyl (C=O) groups is 1. The van der Waals surface area contributed by atoms with E-state index in [0.717, 1.165) is 45.4 Å². The predicted molar refractivity (Wildman–Crippen MR) is 73.7 cm³/mol. The van der Waals surface area contributed by atoms with Gasteiger partial charge in [0.1, 0.15) is 0 Å². The van der Waals surface area contributed by atoms with E-state index in [-0.39, 0.29) is 12.4 Å². The molecule has 0 aromatic carbocycles. The minimum Gasteiger partial charge on any atom is -0.343 e. The topological polar surface area (TPSA) is 32.3 Å². The molecule has 0 saturated carbocycles. The van der Waals surface area contributed by atoms with Crippen molar-refractivity contribution in [3.63, 3.8) is 0 Å². The van der Waals surface area contributed by atoms with Crippen LogP contribution in [0.15, 0.2) is 17.5 Å². The van der Waals surface area contributed by atoms with Gasteiger partial charge in [0, 0.05) is 30.9 Å². The van der Waals surface area contributed by atoms with Crippen molar-refractivity contribution in [1.29, 1.82) is 0 Å². The van der Waals surface area contributed by atoms with Gasteiger partial charge in [-0.05, 0) is 30.8 Å². The van der Waals surface area contributed by atoms with E-state index < -0.39 is 0 Å². The Morgan fingerprint density at radius 1 is 1.47 bits per heavy atom. The van der Waals surface area contributed by atoms with Crippen LogP contribution < -0.4 is 5.32 Å². The van der Waals surface area contributed by atoms with E-state index >= 15 is 0 Å². The van der Waals surface area contributed by atoms with Crippen LogP contribution in [0.2, 0.25) is 0 Å². The summed E-state index contributed by atoms with van der Waals surface area (Å²) >= 11 is 1.78. The van der Waals surface area contributed by atoms with Crippen LogP contribution in [0.1, 0.15) is 24.1 Å². The van der Waals surface area contributed by atoms with Crippen LogP contribution in [-0.2, 0) is 11.3 Å². The fourth-order valence-electron chi connectivity index (χ4n) is 1.96. The highest BCUT2D eigenvalue weighted by Crippen LogP contribution is 2.10. The van der Waals surface area contributed by atoms with Crippen LogP contribution >= 0.6 is 23.7 Å². The first-order chi connectivity index (χ1) is 7.86. The van der Waals surface area contributed by atoms with Gasteiger partial charge >= 0.3 is 0 Å². The van der Waals surface area contributed by atoms with Crippen LogP contribution in [0, 0.1) is 0 Å². The summed E-state index contributed by atoms with van der Waals surface area (Å²) in [4.78, 5) is 14.7. The molecule has 0 atom stereocenters. The van der Waals surface area contributed by atoms with Gasteiger partial charge in [-0.3, -0.25) is 4.79 Å². The summed E-state index contributed by atoms with van der Waals surface area (Å²) in [5.41, 5.74) is 0. The number of thiophene rings is 1. The standard InChI is InChI=1S/C12H18N2OS.ClH/c15-12-5-1-7-14(12)8-3-6-13-10-11-4-2-9-16-11;/h2,4,9,13H,1,3,5-8,10H2;1H. The lowest BCUT2D eigenvalue weighted by atomic mass is 10.3. The van der Waals surface area contributed by atoms with Crippen molar-refractivity contribution in [3.8, 4) is 0 Å². The maximum atomic E-state index is 11.3. The number of nitrogens with zero attached hydrogens (tertiary/aromatic N) is 1. The molecule has 17 heavy (non-hydrogen) atoms. The Morgan fingerprint density at radius 3 is 3.00 bits per heavy atom. The molecule has 0 unspecified atom stereocenters. The number of carbonyl (C=O) groups excluding carboxylic acids is 1. The molecule has 1 aromatic heterocycles. The van der Waals surface area contributed by atoms with E-state index in [1.165, 1.54) is 4.88 Å². The SMILES string of the molecule is Cl.O=C1CCCN1CCCNCc1cccs1. The molecule has 2 heterocycles. The molecule has 1 amide bonds. The van der Waals surface area contributed by atoms with Gasteiger partial charge < -0.3 is 10.2 Å². The molecule has 0 radical (unpaired) electrons. The van der Waals surface area contributed by atoms with Gasteiger partial charge in [-0.25, -0.2) is 0 Å². The third-order valence-corrected chi connectivity index (χ3v) is 3.71. The number of rotatable bonds is 6. The fourth-order valence-corrected chi connectivity index (χ4v) is 2.63. The lowest BCUT2D eigenvalue weighted by molar-refractivity contribution is -0.127. The van der Waals surface area contributed by atoms with Crippen molar-refractivity contribution in [2.45, 2.75) is 25.8 Å². The van der Waals surface area contributed by atoms with Crippen LogP contribution in [0.4, 0.5) is 0 Å². The quantitative estimate of drug-likeness (QED) is 0.807. The summed E-state index contributed by atoms with van der Waals surface area (Å²) in [6.45, 7) is 3.81. The second kappa shape index (κ2) is 7.69. The van der Waals surface area contributed by atoms with Crippen LogP contribution in [0.5, 0.6) is 0 Å². The first-order valence-corrected chi connectivity index (χ1v) is 6.75. The monoisotopic (exact) mass is 274 g/mol. The van der Waals surface area contributed by atoms with Crippen molar-refractivity contribution in [2.75, 3.05) is 19.6 Å². The van der Waals surface area contributed by atoms with Gasteiger partial charge in [0.15, 0.2) is 0 Å². The molecule has 0 spiro atoms. The van der Waals surface area contributed by atoms with E-state index in [2.05, 4.69) is 22.8 Å². The van der Waals surface area contributed by atoms with E-state index in [1.54, 1.807) is 11.3 Å². The minimum atomic E-state index is 0. The van der Waals surface area contributed by atoms with Crippen LogP contribution in [0.3, 0.4) is 0 Å². The number of amides is 1. The number of nitrogens with one attached hydrogen (secondary N) is 1. The molecule has 2 rings (SSSR count). The van der Waals surface area contributed by atoms with Gasteiger partial charge in [-0.2, -0.15) is 0 Å². The molecular weight excluding hydrogens is 256 g/mol. The zero-order valence-corrected chi connectivity index (χ0v) is 11.5. The summed E-state index contributed by atoms with van der Waals surface area (Å²) in [5, 5.41) is 5.50. The van der Waals surface area contributed by atoms with Gasteiger partial charge in [0.25, 0.3) is 0 Å². The lowest BCUT2D eigenvalue weighted by Gasteiger charge is -2.15. The molecule has 1 aliphatic rings. The van der Waals surface area contributed by atoms with E-state index in [1.807, 2.05) is 4.90 Å². The molecule has 1 aliphatic heterocycles. The summed E-state index contributed by atoms with van der Waals surface area (Å²) in [6, 6.07) is 4.21. The van der Waals surface area contributed by atoms with Crippen molar-refractivity contribution < 1.29 is 4.79 Å². The van der Waals surface area contributed by atoms with Crippen LogP contribution in [0.25, 0.3) is 0 Å². The lowest BCUT2D eigenvalue weighted by Crippen LogP contribution is -2.28. The molecule has 0 aliphatic carbocycles. The number of likely N-dealkylation sites (tertiary alicyclic amines) is 1. The highest BCUT2D eigenvalue weighted by Gasteiger charge is 2.18. The third kappa shape index (κ3) is 4.66. The summed E-state index contributed by atoms with van der Waals surface area (Å²) < 4.78 is 0. The van der Waals surface area contributed by atoms with Crippen molar-refractivity contribution in [2.24, 2.45) is 0 Å². The maximum Gasteiger partial charge on any atom is 0.222 e. The molecule has 5 heteroatoms. The van der Waals surface area contributed by atoms with E-state index in [4.69, 9.17) is 0 Å². The minimum absolute atomic E-state index is 0. The first kappa shape index (κ1) is 14.5. The fraction of sp³-hybridized carbons (Fsp3) is 0.583. The van der Waals surface area contributed by atoms with Gasteiger partial charge in [0.05, 0.1) is 0 Å². The molecule has 96 valence electrons.